The lowest BCUT2D eigenvalue weighted by molar-refractivity contribution is -0.147. The zero-order valence-corrected chi connectivity index (χ0v) is 31.0. The van der Waals surface area contributed by atoms with Gasteiger partial charge in [-0.15, -0.1) is 0 Å². The third-order valence-electron chi connectivity index (χ3n) is 7.99. The summed E-state index contributed by atoms with van der Waals surface area (Å²) in [6, 6.07) is -0.879. The van der Waals surface area contributed by atoms with Crippen LogP contribution in [0.3, 0.4) is 0 Å². The lowest BCUT2D eigenvalue weighted by Crippen LogP contribution is -2.40. The molecule has 2 atom stereocenters. The minimum absolute atomic E-state index is 0.133. The summed E-state index contributed by atoms with van der Waals surface area (Å²) < 4.78 is 5.86. The van der Waals surface area contributed by atoms with Gasteiger partial charge >= 0.3 is 11.9 Å². The fraction of sp³-hybridized carbons (Fsp3) is 0.643. The van der Waals surface area contributed by atoms with Crippen LogP contribution in [0.25, 0.3) is 0 Å². The van der Waals surface area contributed by atoms with Crippen molar-refractivity contribution in [3.05, 3.63) is 72.9 Å². The smallest absolute Gasteiger partial charge is 0.326 e. The molecule has 0 aromatic carbocycles. The first-order valence-corrected chi connectivity index (χ1v) is 19.3. The fourth-order valence-corrected chi connectivity index (χ4v) is 5.08. The molecule has 0 heterocycles. The van der Waals surface area contributed by atoms with Crippen LogP contribution in [-0.4, -0.2) is 41.6 Å². The van der Waals surface area contributed by atoms with Crippen LogP contribution in [0, 0.1) is 0 Å². The number of rotatable bonds is 33. The van der Waals surface area contributed by atoms with Crippen LogP contribution in [0.4, 0.5) is 0 Å². The molecule has 4 N–H and O–H groups in total. The third-order valence-corrected chi connectivity index (χ3v) is 7.99. The van der Waals surface area contributed by atoms with Crippen LogP contribution in [0.15, 0.2) is 72.9 Å². The molecule has 0 aliphatic heterocycles. The Balaban J connectivity index is 4.35. The number of amides is 1. The molecule has 0 rings (SSSR count). The second-order valence-corrected chi connectivity index (χ2v) is 12.6. The van der Waals surface area contributed by atoms with Crippen molar-refractivity contribution < 1.29 is 24.2 Å². The number of carbonyl (C=O) groups is 3. The molecule has 2 unspecified atom stereocenters. The van der Waals surface area contributed by atoms with E-state index in [1.807, 2.05) is 6.08 Å². The van der Waals surface area contributed by atoms with Crippen molar-refractivity contribution in [3.63, 3.8) is 0 Å². The molecular formula is C42H70N2O5. The maximum absolute atomic E-state index is 12.6. The molecule has 0 saturated heterocycles. The van der Waals surface area contributed by atoms with Gasteiger partial charge < -0.3 is 20.9 Å². The zero-order valence-electron chi connectivity index (χ0n) is 31.0. The highest BCUT2D eigenvalue weighted by Crippen LogP contribution is 2.14. The number of carbonyl (C=O) groups excluding carboxylic acids is 2. The lowest BCUT2D eigenvalue weighted by atomic mass is 10.1. The van der Waals surface area contributed by atoms with E-state index in [0.29, 0.717) is 38.6 Å². The van der Waals surface area contributed by atoms with Gasteiger partial charge in [-0.05, 0) is 103 Å². The van der Waals surface area contributed by atoms with Crippen LogP contribution >= 0.6 is 0 Å². The van der Waals surface area contributed by atoms with Crippen molar-refractivity contribution in [1.82, 2.24) is 5.32 Å². The monoisotopic (exact) mass is 683 g/mol. The molecule has 0 saturated carbocycles. The minimum Gasteiger partial charge on any atom is -0.480 e. The standard InChI is InChI=1S/C42H70N2O5/c1-3-5-7-9-11-12-13-14-15-16-17-18-19-20-22-24-30-36-41(46)49-38(32-27-23-21-10-8-6-4-2)33-28-25-26-29-35-40(45)44-39(42(47)48)34-31-37-43/h5,7,10-12,14-15,17-18,21,27,32,38-39H,3-4,6,8-9,13,16,19-20,22-26,28-31,33-37,43H2,1-2H3,(H,44,45)(H,47,48)/b7-5-,12-11-,15-14-,18-17-,21-10-,32-27-. The summed E-state index contributed by atoms with van der Waals surface area (Å²) in [7, 11) is 0. The van der Waals surface area contributed by atoms with Crippen molar-refractivity contribution in [2.24, 2.45) is 5.73 Å². The zero-order chi connectivity index (χ0) is 36.0. The number of esters is 1. The average molecular weight is 683 g/mol. The lowest BCUT2D eigenvalue weighted by Gasteiger charge is -2.15. The quantitative estimate of drug-likeness (QED) is 0.0360. The largest absolute Gasteiger partial charge is 0.480 e. The van der Waals surface area contributed by atoms with Gasteiger partial charge in [0.2, 0.25) is 5.91 Å². The molecule has 278 valence electrons. The topological polar surface area (TPSA) is 119 Å². The second-order valence-electron chi connectivity index (χ2n) is 12.6. The first kappa shape index (κ1) is 45.8. The molecular weight excluding hydrogens is 612 g/mol. The SMILES string of the molecule is CC/C=C\C/C=C\C/C=C\C/C=C\CCCCCCC(=O)OC(/C=C\C/C=C\CCCC)CCCCCCC(=O)NC(CCCN)C(=O)O. The summed E-state index contributed by atoms with van der Waals surface area (Å²) >= 11 is 0. The van der Waals surface area contributed by atoms with Crippen molar-refractivity contribution >= 4 is 17.8 Å². The Bertz CT molecular complexity index is 995. The van der Waals surface area contributed by atoms with E-state index in [-0.39, 0.29) is 18.0 Å². The molecule has 0 fully saturated rings. The van der Waals surface area contributed by atoms with E-state index < -0.39 is 12.0 Å². The molecule has 7 nitrogen and oxygen atoms in total. The van der Waals surface area contributed by atoms with E-state index >= 15 is 0 Å². The van der Waals surface area contributed by atoms with Gasteiger partial charge in [0.1, 0.15) is 12.1 Å². The molecule has 0 bridgehead atoms. The van der Waals surface area contributed by atoms with E-state index in [0.717, 1.165) is 96.3 Å². The van der Waals surface area contributed by atoms with Crippen LogP contribution < -0.4 is 11.1 Å². The van der Waals surface area contributed by atoms with Gasteiger partial charge in [0, 0.05) is 12.8 Å². The summed E-state index contributed by atoms with van der Waals surface area (Å²) in [6.07, 6.45) is 45.3. The van der Waals surface area contributed by atoms with Gasteiger partial charge in [0.15, 0.2) is 0 Å². The number of carboxylic acids is 1. The highest BCUT2D eigenvalue weighted by molar-refractivity contribution is 5.83. The van der Waals surface area contributed by atoms with Gasteiger partial charge in [-0.2, -0.15) is 0 Å². The van der Waals surface area contributed by atoms with E-state index in [9.17, 15) is 19.5 Å². The van der Waals surface area contributed by atoms with Crippen LogP contribution in [0.1, 0.15) is 155 Å². The molecule has 0 spiro atoms. The number of hydrogen-bond acceptors (Lipinski definition) is 5. The predicted octanol–water partition coefficient (Wildman–Crippen LogP) is 10.4. The highest BCUT2D eigenvalue weighted by atomic mass is 16.5. The Morgan fingerprint density at radius 3 is 1.80 bits per heavy atom. The molecule has 7 heteroatoms. The summed E-state index contributed by atoms with van der Waals surface area (Å²) in [5, 5.41) is 11.9. The van der Waals surface area contributed by atoms with Gasteiger partial charge in [0.05, 0.1) is 0 Å². The second kappa shape index (κ2) is 36.1. The van der Waals surface area contributed by atoms with Gasteiger partial charge in [-0.1, -0.05) is 119 Å². The first-order chi connectivity index (χ1) is 23.9. The number of carboxylic acid groups (broad SMARTS) is 1. The summed E-state index contributed by atoms with van der Waals surface area (Å²) in [5.41, 5.74) is 5.47. The maximum atomic E-state index is 12.6. The molecule has 0 radical (unpaired) electrons. The Morgan fingerprint density at radius 2 is 1.18 bits per heavy atom. The minimum atomic E-state index is -1.02. The normalized spacial score (nSPS) is 13.5. The van der Waals surface area contributed by atoms with Gasteiger partial charge in [-0.3, -0.25) is 9.59 Å². The molecule has 0 aromatic rings. The molecule has 49 heavy (non-hydrogen) atoms. The Hall–Kier alpha value is -3.19. The molecule has 1 amide bonds. The van der Waals surface area contributed by atoms with E-state index in [4.69, 9.17) is 10.5 Å². The molecule has 0 aliphatic rings. The van der Waals surface area contributed by atoms with Crippen LogP contribution in [0.5, 0.6) is 0 Å². The number of nitrogens with one attached hydrogen (secondary N) is 1. The number of aliphatic carboxylic acids is 1. The van der Waals surface area contributed by atoms with Crippen molar-refractivity contribution in [3.8, 4) is 0 Å². The Labute approximate surface area is 299 Å². The van der Waals surface area contributed by atoms with Crippen molar-refractivity contribution in [1.29, 1.82) is 0 Å². The third kappa shape index (κ3) is 33.1. The number of allylic oxidation sites excluding steroid dienone is 11. The van der Waals surface area contributed by atoms with Crippen molar-refractivity contribution in [2.75, 3.05) is 6.54 Å². The summed E-state index contributed by atoms with van der Waals surface area (Å²) in [4.78, 5) is 36.2. The first-order valence-electron chi connectivity index (χ1n) is 19.3. The predicted molar refractivity (Wildman–Crippen MR) is 206 cm³/mol. The van der Waals surface area contributed by atoms with E-state index in [2.05, 4.69) is 86.0 Å². The van der Waals surface area contributed by atoms with E-state index in [1.165, 1.54) is 12.8 Å². The fourth-order valence-electron chi connectivity index (χ4n) is 5.08. The Kier molecular flexibility index (Phi) is 33.7. The summed E-state index contributed by atoms with van der Waals surface area (Å²) in [6.45, 7) is 4.74. The number of unbranched alkanes of at least 4 members (excludes halogenated alkanes) is 9. The van der Waals surface area contributed by atoms with E-state index in [1.54, 1.807) is 0 Å². The average Bonchev–Trinajstić information content (AvgIpc) is 3.08. The number of hydrogen-bond donors (Lipinski definition) is 3. The van der Waals surface area contributed by atoms with Crippen LogP contribution in [-0.2, 0) is 19.1 Å². The Morgan fingerprint density at radius 1 is 0.633 bits per heavy atom. The van der Waals surface area contributed by atoms with Crippen molar-refractivity contribution in [2.45, 2.75) is 167 Å². The highest BCUT2D eigenvalue weighted by Gasteiger charge is 2.18. The number of nitrogens with two attached hydrogens (primary N) is 1. The number of ether oxygens (including phenoxy) is 1. The molecule has 0 aromatic heterocycles. The summed E-state index contributed by atoms with van der Waals surface area (Å²) in [5.74, 6) is -1.39. The van der Waals surface area contributed by atoms with Crippen LogP contribution in [0.2, 0.25) is 0 Å². The molecule has 0 aliphatic carbocycles. The maximum Gasteiger partial charge on any atom is 0.326 e. The van der Waals surface area contributed by atoms with Gasteiger partial charge in [0.25, 0.3) is 0 Å². The van der Waals surface area contributed by atoms with Gasteiger partial charge in [-0.25, -0.2) is 4.79 Å².